The molecule has 0 heterocycles. The summed E-state index contributed by atoms with van der Waals surface area (Å²) in [6.45, 7) is 3.58. The summed E-state index contributed by atoms with van der Waals surface area (Å²) in [5.41, 5.74) is 1.93. The fraction of sp³-hybridized carbons (Fsp3) is 0.278. The van der Waals surface area contributed by atoms with Crippen molar-refractivity contribution in [3.05, 3.63) is 65.0 Å². The number of carbonyl (C=O) groups is 1. The van der Waals surface area contributed by atoms with Gasteiger partial charge in [-0.15, -0.1) is 0 Å². The van der Waals surface area contributed by atoms with Gasteiger partial charge < -0.3 is 15.2 Å². The molecule has 2 unspecified atom stereocenters. The second-order valence-corrected chi connectivity index (χ2v) is 5.44. The van der Waals surface area contributed by atoms with Crippen LogP contribution in [0.15, 0.2) is 42.5 Å². The van der Waals surface area contributed by atoms with Gasteiger partial charge in [0.25, 0.3) is 5.91 Å². The molecule has 0 spiro atoms. The predicted octanol–water partition coefficient (Wildman–Crippen LogP) is 2.99. The average molecular weight is 317 g/mol. The highest BCUT2D eigenvalue weighted by Gasteiger charge is 2.19. The minimum absolute atomic E-state index is 0.308. The average Bonchev–Trinajstić information content (AvgIpc) is 2.55. The summed E-state index contributed by atoms with van der Waals surface area (Å²) in [6, 6.07) is 10.2. The van der Waals surface area contributed by atoms with Crippen molar-refractivity contribution in [3.8, 4) is 5.75 Å². The van der Waals surface area contributed by atoms with Crippen LogP contribution in [-0.4, -0.2) is 24.2 Å². The van der Waals surface area contributed by atoms with Crippen LogP contribution in [0.4, 0.5) is 4.39 Å². The summed E-state index contributed by atoms with van der Waals surface area (Å²) in [4.78, 5) is 12.3. The van der Waals surface area contributed by atoms with Gasteiger partial charge in [-0.2, -0.15) is 0 Å². The van der Waals surface area contributed by atoms with Gasteiger partial charge in [-0.3, -0.25) is 4.79 Å². The maximum atomic E-state index is 12.9. The molecular formula is C18H20FNO3. The quantitative estimate of drug-likeness (QED) is 0.891. The number of carbonyl (C=O) groups excluding carboxylic acids is 1. The second kappa shape index (κ2) is 7.24. The molecule has 4 nitrogen and oxygen atoms in total. The Labute approximate surface area is 134 Å². The lowest BCUT2D eigenvalue weighted by molar-refractivity contribution is 0.0851. The lowest BCUT2D eigenvalue weighted by Crippen LogP contribution is -2.37. The van der Waals surface area contributed by atoms with Gasteiger partial charge in [0, 0.05) is 5.56 Å². The number of ether oxygens (including phenoxy) is 1. The van der Waals surface area contributed by atoms with E-state index in [0.29, 0.717) is 16.9 Å². The van der Waals surface area contributed by atoms with Gasteiger partial charge in [0.05, 0.1) is 19.3 Å². The van der Waals surface area contributed by atoms with Crippen LogP contribution in [-0.2, 0) is 0 Å². The third kappa shape index (κ3) is 4.07. The van der Waals surface area contributed by atoms with Crippen LogP contribution < -0.4 is 10.1 Å². The van der Waals surface area contributed by atoms with E-state index >= 15 is 0 Å². The number of aliphatic hydroxyl groups is 1. The molecule has 23 heavy (non-hydrogen) atoms. The standard InChI is InChI=1S/C18H20FNO3/c1-11-4-5-14(10-16(11)23-3)18(22)20-12(2)17(21)13-6-8-15(19)9-7-13/h4-10,12,17,21H,1-3H3,(H,20,22). The van der Waals surface area contributed by atoms with Gasteiger partial charge in [0.15, 0.2) is 0 Å². The van der Waals surface area contributed by atoms with E-state index in [2.05, 4.69) is 5.32 Å². The van der Waals surface area contributed by atoms with Crippen molar-refractivity contribution in [3.63, 3.8) is 0 Å². The molecule has 0 radical (unpaired) electrons. The smallest absolute Gasteiger partial charge is 0.251 e. The molecule has 0 saturated heterocycles. The van der Waals surface area contributed by atoms with Crippen LogP contribution in [0.1, 0.15) is 34.5 Å². The van der Waals surface area contributed by atoms with E-state index in [0.717, 1.165) is 5.56 Å². The van der Waals surface area contributed by atoms with Crippen LogP contribution in [0.5, 0.6) is 5.75 Å². The van der Waals surface area contributed by atoms with Crippen molar-refractivity contribution >= 4 is 5.91 Å². The number of rotatable bonds is 5. The molecule has 0 saturated carbocycles. The molecule has 2 rings (SSSR count). The molecule has 2 aromatic carbocycles. The first kappa shape index (κ1) is 17.0. The number of nitrogens with one attached hydrogen (secondary N) is 1. The van der Waals surface area contributed by atoms with Crippen molar-refractivity contribution in [2.24, 2.45) is 0 Å². The Morgan fingerprint density at radius 1 is 1.22 bits per heavy atom. The predicted molar refractivity (Wildman–Crippen MR) is 86.0 cm³/mol. The van der Waals surface area contributed by atoms with E-state index in [4.69, 9.17) is 4.74 Å². The SMILES string of the molecule is COc1cc(C(=O)NC(C)C(O)c2ccc(F)cc2)ccc1C. The molecule has 2 aromatic rings. The van der Waals surface area contributed by atoms with E-state index < -0.39 is 12.1 Å². The summed E-state index contributed by atoms with van der Waals surface area (Å²) in [5, 5.41) is 13.0. The lowest BCUT2D eigenvalue weighted by atomic mass is 10.0. The van der Waals surface area contributed by atoms with E-state index in [1.54, 1.807) is 32.2 Å². The second-order valence-electron chi connectivity index (χ2n) is 5.44. The largest absolute Gasteiger partial charge is 0.496 e. The number of amides is 1. The van der Waals surface area contributed by atoms with Crippen molar-refractivity contribution in [2.45, 2.75) is 26.0 Å². The molecule has 0 aliphatic heterocycles. The van der Waals surface area contributed by atoms with Crippen LogP contribution in [0, 0.1) is 12.7 Å². The van der Waals surface area contributed by atoms with Crippen molar-refractivity contribution in [1.29, 1.82) is 0 Å². The Balaban J connectivity index is 2.08. The maximum Gasteiger partial charge on any atom is 0.251 e. The highest BCUT2D eigenvalue weighted by Crippen LogP contribution is 2.20. The van der Waals surface area contributed by atoms with Crippen LogP contribution in [0.3, 0.4) is 0 Å². The molecule has 0 aromatic heterocycles. The Bertz CT molecular complexity index is 685. The number of halogens is 1. The topological polar surface area (TPSA) is 58.6 Å². The Morgan fingerprint density at radius 2 is 1.87 bits per heavy atom. The van der Waals surface area contributed by atoms with E-state index in [-0.39, 0.29) is 11.7 Å². The highest BCUT2D eigenvalue weighted by molar-refractivity contribution is 5.94. The van der Waals surface area contributed by atoms with E-state index in [1.807, 2.05) is 6.92 Å². The Morgan fingerprint density at radius 3 is 2.48 bits per heavy atom. The number of benzene rings is 2. The first-order valence-electron chi connectivity index (χ1n) is 7.31. The van der Waals surface area contributed by atoms with Gasteiger partial charge in [-0.05, 0) is 49.2 Å². The zero-order valence-electron chi connectivity index (χ0n) is 13.3. The number of hydrogen-bond acceptors (Lipinski definition) is 3. The van der Waals surface area contributed by atoms with Crippen molar-refractivity contribution < 1.29 is 19.0 Å². The van der Waals surface area contributed by atoms with Gasteiger partial charge in [0.2, 0.25) is 0 Å². The first-order valence-corrected chi connectivity index (χ1v) is 7.31. The monoisotopic (exact) mass is 317 g/mol. The third-order valence-electron chi connectivity index (χ3n) is 3.71. The van der Waals surface area contributed by atoms with Gasteiger partial charge in [-0.25, -0.2) is 4.39 Å². The van der Waals surface area contributed by atoms with Crippen LogP contribution in [0.2, 0.25) is 0 Å². The lowest BCUT2D eigenvalue weighted by Gasteiger charge is -2.21. The highest BCUT2D eigenvalue weighted by atomic mass is 19.1. The van der Waals surface area contributed by atoms with Gasteiger partial charge in [-0.1, -0.05) is 18.2 Å². The van der Waals surface area contributed by atoms with Crippen molar-refractivity contribution in [2.75, 3.05) is 7.11 Å². The van der Waals surface area contributed by atoms with Gasteiger partial charge >= 0.3 is 0 Å². The fourth-order valence-corrected chi connectivity index (χ4v) is 2.28. The summed E-state index contributed by atoms with van der Waals surface area (Å²) in [5.74, 6) is -0.0502. The summed E-state index contributed by atoms with van der Waals surface area (Å²) in [6.07, 6.45) is -0.924. The molecule has 0 fully saturated rings. The maximum absolute atomic E-state index is 12.9. The number of hydrogen-bond donors (Lipinski definition) is 2. The van der Waals surface area contributed by atoms with Crippen molar-refractivity contribution in [1.82, 2.24) is 5.32 Å². The normalized spacial score (nSPS) is 13.3. The van der Waals surface area contributed by atoms with Gasteiger partial charge in [0.1, 0.15) is 11.6 Å². The fourth-order valence-electron chi connectivity index (χ4n) is 2.28. The molecule has 2 atom stereocenters. The number of methoxy groups -OCH3 is 1. The molecule has 0 aliphatic carbocycles. The molecule has 5 heteroatoms. The molecular weight excluding hydrogens is 297 g/mol. The summed E-state index contributed by atoms with van der Waals surface area (Å²) >= 11 is 0. The first-order chi connectivity index (χ1) is 10.9. The summed E-state index contributed by atoms with van der Waals surface area (Å²) in [7, 11) is 1.55. The molecule has 1 amide bonds. The number of aliphatic hydroxyl groups excluding tert-OH is 1. The van der Waals surface area contributed by atoms with E-state index in [9.17, 15) is 14.3 Å². The Kier molecular flexibility index (Phi) is 5.34. The van der Waals surface area contributed by atoms with E-state index in [1.165, 1.54) is 24.3 Å². The van der Waals surface area contributed by atoms with Crippen LogP contribution >= 0.6 is 0 Å². The Hall–Kier alpha value is -2.40. The zero-order chi connectivity index (χ0) is 17.0. The molecule has 2 N–H and O–H groups in total. The summed E-state index contributed by atoms with van der Waals surface area (Å²) < 4.78 is 18.1. The molecule has 122 valence electrons. The zero-order valence-corrected chi connectivity index (χ0v) is 13.3. The molecule has 0 bridgehead atoms. The third-order valence-corrected chi connectivity index (χ3v) is 3.71. The minimum Gasteiger partial charge on any atom is -0.496 e. The molecule has 0 aliphatic rings. The minimum atomic E-state index is -0.924. The number of aryl methyl sites for hydroxylation is 1. The van der Waals surface area contributed by atoms with Crippen LogP contribution in [0.25, 0.3) is 0 Å².